The molecule has 0 aliphatic heterocycles. The molecule has 3 aromatic heterocycles. The molecule has 3 N–H and O–H groups in total. The number of H-pyrrole nitrogens is 1. The first-order chi connectivity index (χ1) is 15.2. The smallest absolute Gasteiger partial charge is 0.320 e. The number of amides is 2. The van der Waals surface area contributed by atoms with E-state index in [1.807, 2.05) is 25.1 Å². The van der Waals surface area contributed by atoms with Gasteiger partial charge in [0.15, 0.2) is 0 Å². The fourth-order valence-electron chi connectivity index (χ4n) is 4.28. The lowest BCUT2D eigenvalue weighted by molar-refractivity contribution is 0.247. The van der Waals surface area contributed by atoms with Gasteiger partial charge in [-0.15, -0.1) is 0 Å². The van der Waals surface area contributed by atoms with Gasteiger partial charge in [0, 0.05) is 35.1 Å². The van der Waals surface area contributed by atoms with Crippen molar-refractivity contribution in [2.24, 2.45) is 0 Å². The van der Waals surface area contributed by atoms with Crippen molar-refractivity contribution in [2.75, 3.05) is 5.32 Å². The first-order valence-electron chi connectivity index (χ1n) is 10.6. The zero-order valence-electron chi connectivity index (χ0n) is 17.4. The predicted molar refractivity (Wildman–Crippen MR) is 121 cm³/mol. The molecule has 0 bridgehead atoms. The van der Waals surface area contributed by atoms with Gasteiger partial charge in [0.1, 0.15) is 11.5 Å². The molecule has 1 atom stereocenters. The van der Waals surface area contributed by atoms with Crippen LogP contribution in [0.15, 0.2) is 54.9 Å². The maximum absolute atomic E-state index is 12.7. The highest BCUT2D eigenvalue weighted by atomic mass is 16.2. The quantitative estimate of drug-likeness (QED) is 0.416. The van der Waals surface area contributed by atoms with Gasteiger partial charge in [-0.2, -0.15) is 5.10 Å². The Labute approximate surface area is 180 Å². The highest BCUT2D eigenvalue weighted by molar-refractivity contribution is 5.95. The van der Waals surface area contributed by atoms with E-state index in [1.54, 1.807) is 18.5 Å². The standard InChI is InChI=1S/C24H24N6O/c1-15-12-17(10-11-25-15)23-19-14-26-22(13-21(19)29-30-23)28-24(31)27-20-9-5-3-7-16-6-2-4-8-18(16)20/h2,4,6,8,10-14,20H,3,5,7,9H2,1H3,(H,29,30)(H2,26,27,28,31)/t20-/m1/s1. The Balaban J connectivity index is 1.33. The zero-order valence-corrected chi connectivity index (χ0v) is 17.4. The highest BCUT2D eigenvalue weighted by Gasteiger charge is 2.20. The second kappa shape index (κ2) is 8.18. The van der Waals surface area contributed by atoms with Crippen molar-refractivity contribution in [1.82, 2.24) is 25.5 Å². The van der Waals surface area contributed by atoms with Crippen LogP contribution < -0.4 is 10.6 Å². The summed E-state index contributed by atoms with van der Waals surface area (Å²) in [4.78, 5) is 21.4. The number of aryl methyl sites for hydroxylation is 2. The molecule has 0 unspecified atom stereocenters. The molecule has 0 saturated carbocycles. The topological polar surface area (TPSA) is 95.6 Å². The van der Waals surface area contributed by atoms with Crippen molar-refractivity contribution in [3.63, 3.8) is 0 Å². The number of benzene rings is 1. The van der Waals surface area contributed by atoms with Crippen LogP contribution in [0.25, 0.3) is 22.2 Å². The van der Waals surface area contributed by atoms with E-state index in [4.69, 9.17) is 0 Å². The molecule has 1 aromatic carbocycles. The molecule has 0 radical (unpaired) electrons. The van der Waals surface area contributed by atoms with Gasteiger partial charge in [0.05, 0.1) is 11.6 Å². The van der Waals surface area contributed by atoms with E-state index in [0.717, 1.165) is 53.5 Å². The van der Waals surface area contributed by atoms with Crippen LogP contribution in [0.1, 0.15) is 42.1 Å². The Morgan fingerprint density at radius 3 is 2.94 bits per heavy atom. The number of carbonyl (C=O) groups excluding carboxylic acids is 1. The summed E-state index contributed by atoms with van der Waals surface area (Å²) in [5.74, 6) is 0.480. The van der Waals surface area contributed by atoms with Gasteiger partial charge in [-0.3, -0.25) is 15.4 Å². The lowest BCUT2D eigenvalue weighted by atomic mass is 9.99. The summed E-state index contributed by atoms with van der Waals surface area (Å²) < 4.78 is 0. The first kappa shape index (κ1) is 19.2. The number of nitrogens with one attached hydrogen (secondary N) is 3. The molecular formula is C24H24N6O. The molecule has 5 rings (SSSR count). The van der Waals surface area contributed by atoms with Crippen molar-refractivity contribution in [3.05, 3.63) is 71.7 Å². The summed E-state index contributed by atoms with van der Waals surface area (Å²) in [7, 11) is 0. The average Bonchev–Trinajstić information content (AvgIpc) is 3.09. The van der Waals surface area contributed by atoms with Gasteiger partial charge in [0.2, 0.25) is 0 Å². The maximum atomic E-state index is 12.7. The van der Waals surface area contributed by atoms with E-state index < -0.39 is 0 Å². The number of hydrogen-bond acceptors (Lipinski definition) is 4. The van der Waals surface area contributed by atoms with Crippen molar-refractivity contribution in [2.45, 2.75) is 38.6 Å². The van der Waals surface area contributed by atoms with E-state index in [-0.39, 0.29) is 12.1 Å². The monoisotopic (exact) mass is 412 g/mol. The second-order valence-corrected chi connectivity index (χ2v) is 7.97. The van der Waals surface area contributed by atoms with Gasteiger partial charge in [-0.1, -0.05) is 30.7 Å². The van der Waals surface area contributed by atoms with Crippen molar-refractivity contribution < 1.29 is 4.79 Å². The largest absolute Gasteiger partial charge is 0.331 e. The summed E-state index contributed by atoms with van der Waals surface area (Å²) in [6, 6.07) is 13.8. The minimum absolute atomic E-state index is 0.0103. The zero-order chi connectivity index (χ0) is 21.2. The number of urea groups is 1. The third-order valence-corrected chi connectivity index (χ3v) is 5.78. The van der Waals surface area contributed by atoms with Crippen LogP contribution in [0, 0.1) is 6.92 Å². The number of hydrogen-bond donors (Lipinski definition) is 3. The van der Waals surface area contributed by atoms with Gasteiger partial charge in [0.25, 0.3) is 0 Å². The van der Waals surface area contributed by atoms with Crippen LogP contribution >= 0.6 is 0 Å². The van der Waals surface area contributed by atoms with Crippen LogP contribution in [0.4, 0.5) is 10.6 Å². The maximum Gasteiger partial charge on any atom is 0.320 e. The van der Waals surface area contributed by atoms with E-state index >= 15 is 0 Å². The molecule has 4 aromatic rings. The Morgan fingerprint density at radius 2 is 2.03 bits per heavy atom. The number of pyridine rings is 2. The molecule has 7 heteroatoms. The number of aromatic nitrogens is 4. The molecule has 0 spiro atoms. The van der Waals surface area contributed by atoms with Crippen molar-refractivity contribution >= 4 is 22.8 Å². The van der Waals surface area contributed by atoms with Gasteiger partial charge in [-0.25, -0.2) is 9.78 Å². The van der Waals surface area contributed by atoms with Crippen molar-refractivity contribution in [1.29, 1.82) is 0 Å². The van der Waals surface area contributed by atoms with Crippen LogP contribution in [-0.2, 0) is 6.42 Å². The van der Waals surface area contributed by atoms with Gasteiger partial charge in [-0.05, 0) is 49.4 Å². The number of aromatic amines is 1. The summed E-state index contributed by atoms with van der Waals surface area (Å²) >= 11 is 0. The molecular weight excluding hydrogens is 388 g/mol. The van der Waals surface area contributed by atoms with Gasteiger partial charge >= 0.3 is 6.03 Å². The first-order valence-corrected chi connectivity index (χ1v) is 10.6. The number of fused-ring (bicyclic) bond motifs is 2. The van der Waals surface area contributed by atoms with Crippen molar-refractivity contribution in [3.8, 4) is 11.3 Å². The van der Waals surface area contributed by atoms with Crippen LogP contribution in [-0.4, -0.2) is 26.2 Å². The van der Waals surface area contributed by atoms with Crippen LogP contribution in [0.3, 0.4) is 0 Å². The fraction of sp³-hybridized carbons (Fsp3) is 0.250. The molecule has 3 heterocycles. The van der Waals surface area contributed by atoms with E-state index in [1.165, 1.54) is 11.1 Å². The number of rotatable bonds is 3. The molecule has 1 aliphatic rings. The molecule has 0 saturated heterocycles. The highest BCUT2D eigenvalue weighted by Crippen LogP contribution is 2.29. The number of carbonyl (C=O) groups is 1. The molecule has 156 valence electrons. The molecule has 0 fully saturated rings. The Kier molecular flexibility index (Phi) is 5.08. The lowest BCUT2D eigenvalue weighted by Crippen LogP contribution is -2.33. The Hall–Kier alpha value is -3.74. The number of anilines is 1. The minimum Gasteiger partial charge on any atom is -0.331 e. The lowest BCUT2D eigenvalue weighted by Gasteiger charge is -2.19. The molecule has 31 heavy (non-hydrogen) atoms. The Bertz CT molecular complexity index is 1250. The summed E-state index contributed by atoms with van der Waals surface area (Å²) in [6.45, 7) is 1.95. The predicted octanol–water partition coefficient (Wildman–Crippen LogP) is 4.92. The fourth-order valence-corrected chi connectivity index (χ4v) is 4.28. The second-order valence-electron chi connectivity index (χ2n) is 7.97. The van der Waals surface area contributed by atoms with E-state index in [0.29, 0.717) is 5.82 Å². The molecule has 2 amide bonds. The Morgan fingerprint density at radius 1 is 1.13 bits per heavy atom. The third-order valence-electron chi connectivity index (χ3n) is 5.78. The third kappa shape index (κ3) is 3.99. The van der Waals surface area contributed by atoms with Crippen LogP contribution in [0.2, 0.25) is 0 Å². The summed E-state index contributed by atoms with van der Waals surface area (Å²) in [5, 5.41) is 14.4. The summed E-state index contributed by atoms with van der Waals surface area (Å²) in [6.07, 6.45) is 7.74. The van der Waals surface area contributed by atoms with E-state index in [2.05, 4.69) is 49.0 Å². The average molecular weight is 412 g/mol. The van der Waals surface area contributed by atoms with E-state index in [9.17, 15) is 4.79 Å². The van der Waals surface area contributed by atoms with Gasteiger partial charge < -0.3 is 5.32 Å². The minimum atomic E-state index is -0.252. The number of nitrogens with zero attached hydrogens (tertiary/aromatic N) is 3. The SMILES string of the molecule is Cc1cc(-c2n[nH]c3cc(NC(=O)N[C@@H]4CCCCc5ccccc54)ncc23)ccn1. The van der Waals surface area contributed by atoms with Crippen LogP contribution in [0.5, 0.6) is 0 Å². The molecule has 1 aliphatic carbocycles. The normalized spacial score (nSPS) is 15.8. The molecule has 7 nitrogen and oxygen atoms in total. The summed E-state index contributed by atoms with van der Waals surface area (Å²) in [5.41, 5.74) is 6.07.